The molecule has 2 heterocycles. The predicted molar refractivity (Wildman–Crippen MR) is 355 cm³/mol. The number of nitrogens with one attached hydrogen (secondary N) is 8. The Morgan fingerprint density at radius 1 is 0.315 bits per heavy atom. The molecule has 510 valence electrons. The Kier molecular flexibility index (Phi) is 31.2. The molecule has 2 aliphatic carbocycles. The molecule has 6 amide bonds. The third-order valence-corrected chi connectivity index (χ3v) is 17.7. The van der Waals surface area contributed by atoms with E-state index in [4.69, 9.17) is 51.4 Å². The fourth-order valence-electron chi connectivity index (χ4n) is 12.3. The zero-order valence-electron chi connectivity index (χ0n) is 54.6. The van der Waals surface area contributed by atoms with E-state index in [0.717, 1.165) is 129 Å². The minimum absolute atomic E-state index is 0.0200. The number of unbranched alkanes of at least 4 members (excludes halogenated alkanes) is 8. The van der Waals surface area contributed by atoms with E-state index in [2.05, 4.69) is 42.5 Å². The van der Waals surface area contributed by atoms with Gasteiger partial charge in [0.15, 0.2) is 0 Å². The number of methoxy groups -OCH3 is 2. The minimum atomic E-state index is -0.428. The van der Waals surface area contributed by atoms with Crippen LogP contribution in [0.4, 0.5) is 0 Å². The maximum absolute atomic E-state index is 14.4. The fourth-order valence-corrected chi connectivity index (χ4v) is 12.3. The third-order valence-electron chi connectivity index (χ3n) is 17.7. The van der Waals surface area contributed by atoms with E-state index in [9.17, 15) is 28.8 Å². The second-order valence-corrected chi connectivity index (χ2v) is 24.7. The molecule has 4 aliphatic rings. The van der Waals surface area contributed by atoms with Gasteiger partial charge >= 0.3 is 0 Å². The van der Waals surface area contributed by atoms with Gasteiger partial charge in [-0.25, -0.2) is 0 Å². The van der Waals surface area contributed by atoms with Crippen molar-refractivity contribution in [2.24, 2.45) is 22.9 Å². The van der Waals surface area contributed by atoms with E-state index < -0.39 is 11.8 Å². The summed E-state index contributed by atoms with van der Waals surface area (Å²) in [5.74, 6) is -0.424. The number of hydrogen-bond acceptors (Lipinski definition) is 18. The highest BCUT2D eigenvalue weighted by atomic mass is 16.5. The van der Waals surface area contributed by atoms with Crippen LogP contribution in [0.3, 0.4) is 0 Å². The van der Waals surface area contributed by atoms with Crippen LogP contribution in [0.25, 0.3) is 0 Å². The summed E-state index contributed by atoms with van der Waals surface area (Å²) in [7, 11) is 2.90. The molecular formula is C68H106N12O12. The van der Waals surface area contributed by atoms with Crippen LogP contribution in [-0.2, 0) is 0 Å². The second kappa shape index (κ2) is 39.6. The summed E-state index contributed by atoms with van der Waals surface area (Å²) in [6.45, 7) is 6.93. The summed E-state index contributed by atoms with van der Waals surface area (Å²) in [5, 5.41) is 25.7. The summed E-state index contributed by atoms with van der Waals surface area (Å²) in [5.41, 5.74) is 24.3. The number of carbonyl (C=O) groups is 6. The highest BCUT2D eigenvalue weighted by Gasteiger charge is 2.32. The van der Waals surface area contributed by atoms with Gasteiger partial charge in [0.05, 0.1) is 74.0 Å². The number of ether oxygens (including phenoxy) is 6. The number of hydrogen-bond donors (Lipinski definition) is 12. The molecule has 2 saturated heterocycles. The molecule has 16 N–H and O–H groups in total. The largest absolute Gasteiger partial charge is 0.496 e. The van der Waals surface area contributed by atoms with Crippen LogP contribution in [0.15, 0.2) is 36.4 Å². The van der Waals surface area contributed by atoms with Crippen molar-refractivity contribution in [1.29, 1.82) is 0 Å². The van der Waals surface area contributed by atoms with Gasteiger partial charge in [0, 0.05) is 54.5 Å². The number of carbonyl (C=O) groups excluding carboxylic acids is 6. The Morgan fingerprint density at radius 3 is 0.739 bits per heavy atom. The molecule has 0 aromatic heterocycles. The van der Waals surface area contributed by atoms with Gasteiger partial charge in [-0.05, 0) is 225 Å². The minimum Gasteiger partial charge on any atom is -0.496 e. The van der Waals surface area contributed by atoms with Crippen molar-refractivity contribution < 1.29 is 57.2 Å². The maximum atomic E-state index is 14.4. The molecule has 0 spiro atoms. The summed E-state index contributed by atoms with van der Waals surface area (Å²) in [6.07, 6.45) is 17.4. The quantitative estimate of drug-likeness (QED) is 0.0309. The maximum Gasteiger partial charge on any atom is 0.255 e. The lowest BCUT2D eigenvalue weighted by Gasteiger charge is -2.30. The van der Waals surface area contributed by atoms with Crippen LogP contribution in [0.2, 0.25) is 0 Å². The first kappa shape index (κ1) is 72.5. The molecular weight excluding hydrogens is 1180 g/mol. The van der Waals surface area contributed by atoms with Crippen LogP contribution in [0, 0.1) is 0 Å². The van der Waals surface area contributed by atoms with Gasteiger partial charge in [-0.3, -0.25) is 28.8 Å². The Bertz CT molecular complexity index is 2630. The van der Waals surface area contributed by atoms with Crippen molar-refractivity contribution in [2.45, 2.75) is 190 Å². The molecule has 24 nitrogen and oxygen atoms in total. The van der Waals surface area contributed by atoms with Gasteiger partial charge in [0.25, 0.3) is 35.4 Å². The molecule has 2 aliphatic heterocycles. The summed E-state index contributed by atoms with van der Waals surface area (Å²) >= 11 is 0. The highest BCUT2D eigenvalue weighted by Crippen LogP contribution is 2.35. The average molecular weight is 1280 g/mol. The number of rotatable bonds is 38. The summed E-state index contributed by atoms with van der Waals surface area (Å²) in [6, 6.07) is 8.54. The summed E-state index contributed by atoms with van der Waals surface area (Å²) < 4.78 is 36.4. The summed E-state index contributed by atoms with van der Waals surface area (Å²) in [4.78, 5) is 85.2. The van der Waals surface area contributed by atoms with E-state index in [1.165, 1.54) is 26.4 Å². The first-order chi connectivity index (χ1) is 44.9. The standard InChI is InChI=1S/C68H106N12O12/c1-87-57-42-58(88-2)52(64(82)76-46-17-21-48(22-18-46)78-66(84)54-41-56(68(86)80-50-25-33-74-34-26-50)62(92-38-14-6-10-30-72)44-60(54)90-36-12-4-8-28-70)39-51(57)63(81)75-45-15-19-47(20-16-45)77-65(83)53-40-55(67(85)79-49-23-31-73-32-24-49)61(91-37-13-5-9-29-71)43-59(53)89-35-11-3-7-27-69/h39-50,73-74H,3-38,69-72H2,1-2H3,(H,75,81)(H,76,82)(H,77,83)(H,78,84)(H,79,85)(H,80,86). The van der Waals surface area contributed by atoms with Crippen LogP contribution >= 0.6 is 0 Å². The van der Waals surface area contributed by atoms with Gasteiger partial charge < -0.3 is 93.9 Å². The molecule has 3 aromatic carbocycles. The van der Waals surface area contributed by atoms with Crippen molar-refractivity contribution in [3.8, 4) is 34.5 Å². The zero-order valence-corrected chi connectivity index (χ0v) is 54.6. The van der Waals surface area contributed by atoms with Gasteiger partial charge in [-0.2, -0.15) is 0 Å². The molecule has 24 heteroatoms. The Hall–Kier alpha value is -6.96. The molecule has 0 unspecified atom stereocenters. The number of nitrogens with two attached hydrogens (primary N) is 4. The highest BCUT2D eigenvalue weighted by molar-refractivity contribution is 6.05. The van der Waals surface area contributed by atoms with E-state index in [1.54, 1.807) is 24.3 Å². The van der Waals surface area contributed by atoms with Crippen molar-refractivity contribution in [2.75, 3.05) is 93.0 Å². The molecule has 0 bridgehead atoms. The van der Waals surface area contributed by atoms with Crippen LogP contribution < -0.4 is 93.9 Å². The molecule has 92 heavy (non-hydrogen) atoms. The molecule has 4 fully saturated rings. The molecule has 2 saturated carbocycles. The Morgan fingerprint density at radius 2 is 0.522 bits per heavy atom. The molecule has 0 atom stereocenters. The molecule has 0 radical (unpaired) electrons. The zero-order chi connectivity index (χ0) is 65.5. The topological polar surface area (TPSA) is 358 Å². The SMILES string of the molecule is COc1cc(OC)c(C(=O)NC2CCC(NC(=O)c3cc(C(=O)NC4CCNCC4)c(OCCCCCN)cc3OCCCCCN)CC2)cc1C(=O)NC1CCC(NC(=O)c2cc(C(=O)NC3CCNCC3)c(OCCCCCN)cc2OCCCCCN)CC1. The van der Waals surface area contributed by atoms with Crippen molar-refractivity contribution in [1.82, 2.24) is 42.5 Å². The first-order valence-corrected chi connectivity index (χ1v) is 34.1. The van der Waals surface area contributed by atoms with Crippen LogP contribution in [0.5, 0.6) is 34.5 Å². The van der Waals surface area contributed by atoms with Crippen molar-refractivity contribution >= 4 is 35.4 Å². The van der Waals surface area contributed by atoms with Crippen LogP contribution in [0.1, 0.15) is 216 Å². The van der Waals surface area contributed by atoms with Crippen molar-refractivity contribution in [3.63, 3.8) is 0 Å². The van der Waals surface area contributed by atoms with Crippen LogP contribution in [-0.4, -0.2) is 165 Å². The van der Waals surface area contributed by atoms with E-state index in [-0.39, 0.29) is 105 Å². The normalized spacial score (nSPS) is 18.6. The van der Waals surface area contributed by atoms with Crippen molar-refractivity contribution in [3.05, 3.63) is 69.8 Å². The average Bonchev–Trinajstić information content (AvgIpc) is 0.851. The first-order valence-electron chi connectivity index (χ1n) is 34.1. The Labute approximate surface area is 543 Å². The lowest BCUT2D eigenvalue weighted by Crippen LogP contribution is -2.44. The molecule has 7 rings (SSSR count). The van der Waals surface area contributed by atoms with Gasteiger partial charge in [-0.1, -0.05) is 0 Å². The number of benzene rings is 3. The predicted octanol–water partition coefficient (Wildman–Crippen LogP) is 5.64. The van der Waals surface area contributed by atoms with E-state index >= 15 is 0 Å². The monoisotopic (exact) mass is 1280 g/mol. The van der Waals surface area contributed by atoms with Gasteiger partial charge in [0.1, 0.15) is 34.5 Å². The third kappa shape index (κ3) is 22.7. The smallest absolute Gasteiger partial charge is 0.255 e. The number of piperidine rings is 2. The lowest BCUT2D eigenvalue weighted by molar-refractivity contribution is 0.0882. The van der Waals surface area contributed by atoms with E-state index in [1.807, 2.05) is 0 Å². The Balaban J connectivity index is 0.971. The molecule has 3 aromatic rings. The second-order valence-electron chi connectivity index (χ2n) is 24.7. The van der Waals surface area contributed by atoms with E-state index in [0.29, 0.717) is 127 Å². The fraction of sp³-hybridized carbons (Fsp3) is 0.647. The van der Waals surface area contributed by atoms with Gasteiger partial charge in [0.2, 0.25) is 0 Å². The lowest BCUT2D eigenvalue weighted by atomic mass is 9.90. The number of amides is 6. The van der Waals surface area contributed by atoms with Gasteiger partial charge in [-0.15, -0.1) is 0 Å².